The van der Waals surface area contributed by atoms with Crippen molar-refractivity contribution in [3.8, 4) is 0 Å². The third kappa shape index (κ3) is 1.90. The van der Waals surface area contributed by atoms with Crippen LogP contribution in [0.15, 0.2) is 6.07 Å². The monoisotopic (exact) mass is 249 g/mol. The van der Waals surface area contributed by atoms with E-state index < -0.39 is 11.9 Å². The van der Waals surface area contributed by atoms with E-state index in [9.17, 15) is 9.59 Å². The molecule has 0 fully saturated rings. The van der Waals surface area contributed by atoms with E-state index in [0.29, 0.717) is 22.6 Å². The fourth-order valence-corrected chi connectivity index (χ4v) is 1.84. The molecule has 0 aromatic carbocycles. The van der Waals surface area contributed by atoms with Crippen LogP contribution in [0.25, 0.3) is 5.65 Å². The fraction of sp³-hybridized carbons (Fsp3) is 0.273. The normalized spacial score (nSPS) is 10.8. The zero-order valence-electron chi connectivity index (χ0n) is 9.84. The molecule has 2 aromatic rings. The fourth-order valence-electron chi connectivity index (χ4n) is 1.84. The van der Waals surface area contributed by atoms with Gasteiger partial charge in [-0.1, -0.05) is 0 Å². The van der Waals surface area contributed by atoms with Gasteiger partial charge in [0.2, 0.25) is 0 Å². The van der Waals surface area contributed by atoms with E-state index in [1.807, 2.05) is 0 Å². The first kappa shape index (κ1) is 12.0. The van der Waals surface area contributed by atoms with Crippen molar-refractivity contribution in [1.82, 2.24) is 14.6 Å². The van der Waals surface area contributed by atoms with Crippen molar-refractivity contribution < 1.29 is 19.8 Å². The molecule has 0 saturated carbocycles. The number of carboxylic acid groups (broad SMARTS) is 2. The van der Waals surface area contributed by atoms with Crippen molar-refractivity contribution >= 4 is 17.6 Å². The van der Waals surface area contributed by atoms with Crippen LogP contribution < -0.4 is 0 Å². The highest BCUT2D eigenvalue weighted by atomic mass is 16.4. The molecule has 2 rings (SSSR count). The number of aromatic nitrogens is 3. The minimum Gasteiger partial charge on any atom is -0.481 e. The first-order valence-corrected chi connectivity index (χ1v) is 5.21. The number of carboxylic acids is 2. The van der Waals surface area contributed by atoms with Crippen molar-refractivity contribution in [3.05, 3.63) is 28.7 Å². The Hall–Kier alpha value is -2.44. The molecule has 2 N–H and O–H groups in total. The lowest BCUT2D eigenvalue weighted by Gasteiger charge is -2.08. The van der Waals surface area contributed by atoms with E-state index in [1.54, 1.807) is 13.8 Å². The molecule has 0 unspecified atom stereocenters. The number of aliphatic carboxylic acids is 1. The van der Waals surface area contributed by atoms with Crippen molar-refractivity contribution in [3.63, 3.8) is 0 Å². The summed E-state index contributed by atoms with van der Waals surface area (Å²) in [5.74, 6) is -2.11. The Morgan fingerprint density at radius 2 is 2.00 bits per heavy atom. The Morgan fingerprint density at radius 3 is 2.56 bits per heavy atom. The first-order chi connectivity index (χ1) is 8.40. The number of aromatic carboxylic acids is 1. The van der Waals surface area contributed by atoms with Crippen LogP contribution in [0.4, 0.5) is 0 Å². The molecule has 0 radical (unpaired) electrons. The molecule has 0 spiro atoms. The van der Waals surface area contributed by atoms with Gasteiger partial charge in [0.25, 0.3) is 0 Å². The lowest BCUT2D eigenvalue weighted by atomic mass is 10.1. The van der Waals surface area contributed by atoms with Crippen molar-refractivity contribution in [2.45, 2.75) is 20.3 Å². The maximum atomic E-state index is 10.8. The number of aryl methyl sites for hydroxylation is 2. The minimum absolute atomic E-state index is 0.113. The summed E-state index contributed by atoms with van der Waals surface area (Å²) < 4.78 is 1.36. The molecule has 18 heavy (non-hydrogen) atoms. The van der Waals surface area contributed by atoms with Crippen LogP contribution in [0.3, 0.4) is 0 Å². The second-order valence-electron chi connectivity index (χ2n) is 3.94. The molecule has 94 valence electrons. The quantitative estimate of drug-likeness (QED) is 0.828. The van der Waals surface area contributed by atoms with Crippen LogP contribution >= 0.6 is 0 Å². The topological polar surface area (TPSA) is 105 Å². The summed E-state index contributed by atoms with van der Waals surface area (Å²) in [7, 11) is 0. The molecule has 2 heterocycles. The zero-order chi connectivity index (χ0) is 13.4. The average molecular weight is 249 g/mol. The molecular formula is C11H11N3O4. The van der Waals surface area contributed by atoms with E-state index in [1.165, 1.54) is 10.6 Å². The molecule has 0 saturated heterocycles. The van der Waals surface area contributed by atoms with Gasteiger partial charge in [-0.25, -0.2) is 14.3 Å². The number of hydrogen-bond donors (Lipinski definition) is 2. The van der Waals surface area contributed by atoms with Crippen LogP contribution in [0.1, 0.15) is 27.4 Å². The predicted octanol–water partition coefficient (Wildman–Crippen LogP) is 0.671. The lowest BCUT2D eigenvalue weighted by Crippen LogP contribution is -2.10. The number of rotatable bonds is 3. The third-order valence-electron chi connectivity index (χ3n) is 2.71. The van der Waals surface area contributed by atoms with Gasteiger partial charge in [-0.3, -0.25) is 4.79 Å². The standard InChI is InChI=1S/C11H11N3O4/c1-5-7(3-10(15)16)6(2)14-9(12-5)4-8(13-14)11(17)18/h4H,3H2,1-2H3,(H,15,16)(H,17,18). The van der Waals surface area contributed by atoms with Gasteiger partial charge in [0, 0.05) is 23.0 Å². The van der Waals surface area contributed by atoms with E-state index in [-0.39, 0.29) is 12.1 Å². The van der Waals surface area contributed by atoms with Gasteiger partial charge < -0.3 is 10.2 Å². The number of hydrogen-bond acceptors (Lipinski definition) is 4. The first-order valence-electron chi connectivity index (χ1n) is 5.21. The Balaban J connectivity index is 2.68. The van der Waals surface area contributed by atoms with Gasteiger partial charge in [0.1, 0.15) is 0 Å². The summed E-state index contributed by atoms with van der Waals surface area (Å²) in [5.41, 5.74) is 2.00. The van der Waals surface area contributed by atoms with Crippen LogP contribution in [0.5, 0.6) is 0 Å². The molecule has 0 aliphatic heterocycles. The molecule has 0 bridgehead atoms. The van der Waals surface area contributed by atoms with Gasteiger partial charge in [-0.2, -0.15) is 5.10 Å². The maximum absolute atomic E-state index is 10.8. The van der Waals surface area contributed by atoms with Crippen molar-refractivity contribution in [1.29, 1.82) is 0 Å². The Labute approximate surface area is 102 Å². The largest absolute Gasteiger partial charge is 0.481 e. The number of carbonyl (C=O) groups is 2. The van der Waals surface area contributed by atoms with Gasteiger partial charge in [0.05, 0.1) is 6.42 Å². The van der Waals surface area contributed by atoms with Crippen LogP contribution in [-0.4, -0.2) is 36.7 Å². The number of nitrogens with zero attached hydrogens (tertiary/aromatic N) is 3. The Kier molecular flexibility index (Phi) is 2.74. The molecule has 0 aliphatic carbocycles. The van der Waals surface area contributed by atoms with Gasteiger partial charge in [-0.15, -0.1) is 0 Å². The number of fused-ring (bicyclic) bond motifs is 1. The summed E-state index contributed by atoms with van der Waals surface area (Å²) in [5, 5.41) is 21.6. The molecule has 7 heteroatoms. The van der Waals surface area contributed by atoms with Crippen LogP contribution in [-0.2, 0) is 11.2 Å². The smallest absolute Gasteiger partial charge is 0.356 e. The average Bonchev–Trinajstić information content (AvgIpc) is 2.68. The Bertz CT molecular complexity index is 660. The highest BCUT2D eigenvalue weighted by molar-refractivity contribution is 5.86. The molecular weight excluding hydrogens is 238 g/mol. The predicted molar refractivity (Wildman–Crippen MR) is 60.8 cm³/mol. The zero-order valence-corrected chi connectivity index (χ0v) is 9.84. The maximum Gasteiger partial charge on any atom is 0.356 e. The minimum atomic E-state index is -1.14. The molecule has 0 amide bonds. The highest BCUT2D eigenvalue weighted by Gasteiger charge is 2.16. The van der Waals surface area contributed by atoms with Gasteiger partial charge >= 0.3 is 11.9 Å². The second-order valence-corrected chi connectivity index (χ2v) is 3.94. The summed E-state index contributed by atoms with van der Waals surface area (Å²) in [6.07, 6.45) is -0.164. The highest BCUT2D eigenvalue weighted by Crippen LogP contribution is 2.16. The molecule has 2 aromatic heterocycles. The molecule has 0 atom stereocenters. The third-order valence-corrected chi connectivity index (χ3v) is 2.71. The Morgan fingerprint density at radius 1 is 1.33 bits per heavy atom. The second kappa shape index (κ2) is 4.10. The SMILES string of the molecule is Cc1nc2cc(C(=O)O)nn2c(C)c1CC(=O)O. The molecule has 7 nitrogen and oxygen atoms in total. The van der Waals surface area contributed by atoms with E-state index in [0.717, 1.165) is 0 Å². The van der Waals surface area contributed by atoms with E-state index in [4.69, 9.17) is 10.2 Å². The summed E-state index contributed by atoms with van der Waals surface area (Å²) in [4.78, 5) is 25.8. The van der Waals surface area contributed by atoms with Crippen LogP contribution in [0, 0.1) is 13.8 Å². The molecule has 0 aliphatic rings. The van der Waals surface area contributed by atoms with Crippen molar-refractivity contribution in [2.24, 2.45) is 0 Å². The van der Waals surface area contributed by atoms with Crippen LogP contribution in [0.2, 0.25) is 0 Å². The van der Waals surface area contributed by atoms with E-state index >= 15 is 0 Å². The van der Waals surface area contributed by atoms with Crippen molar-refractivity contribution in [2.75, 3.05) is 0 Å². The van der Waals surface area contributed by atoms with Gasteiger partial charge in [-0.05, 0) is 13.8 Å². The van der Waals surface area contributed by atoms with E-state index in [2.05, 4.69) is 10.1 Å². The summed E-state index contributed by atoms with van der Waals surface area (Å²) >= 11 is 0. The van der Waals surface area contributed by atoms with Gasteiger partial charge in [0.15, 0.2) is 11.3 Å². The lowest BCUT2D eigenvalue weighted by molar-refractivity contribution is -0.136. The summed E-state index contributed by atoms with van der Waals surface area (Å²) in [6.45, 7) is 3.39. The summed E-state index contributed by atoms with van der Waals surface area (Å²) in [6, 6.07) is 1.35.